The van der Waals surface area contributed by atoms with Crippen LogP contribution in [0.25, 0.3) is 11.5 Å². The molecule has 2 heterocycles. The maximum atomic E-state index is 12.9. The lowest BCUT2D eigenvalue weighted by Crippen LogP contribution is -2.18. The topological polar surface area (TPSA) is 112 Å². The highest BCUT2D eigenvalue weighted by Crippen LogP contribution is 2.49. The Morgan fingerprint density at radius 3 is 2.52 bits per heavy atom. The molecular weight excluding hydrogens is 339 g/mol. The van der Waals surface area contributed by atoms with E-state index in [1.54, 1.807) is 26.0 Å². The van der Waals surface area contributed by atoms with Crippen LogP contribution in [0, 0.1) is 15.8 Å². The van der Waals surface area contributed by atoms with Crippen molar-refractivity contribution in [2.24, 2.45) is 0 Å². The predicted octanol–water partition coefficient (Wildman–Crippen LogP) is 3.61. The molecule has 0 unspecified atom stereocenters. The number of rotatable bonds is 6. The molecule has 0 fully saturated rings. The van der Waals surface area contributed by atoms with Gasteiger partial charge in [0.1, 0.15) is 16.9 Å². The number of hydrogen-bond donors (Lipinski definition) is 1. The molecule has 0 aliphatic rings. The normalized spacial score (nSPS) is 11.3. The minimum atomic E-state index is -3.79. The highest BCUT2D eigenvalue weighted by molar-refractivity contribution is 7.73. The van der Waals surface area contributed by atoms with Crippen molar-refractivity contribution in [1.82, 2.24) is 0 Å². The van der Waals surface area contributed by atoms with Gasteiger partial charge in [-0.25, -0.2) is 0 Å². The Morgan fingerprint density at radius 2 is 2.04 bits per heavy atom. The number of furan rings is 1. The molecule has 0 saturated heterocycles. The van der Waals surface area contributed by atoms with Crippen molar-refractivity contribution in [2.45, 2.75) is 13.8 Å². The minimum absolute atomic E-state index is 0.0150. The number of anilines is 1. The fraction of sp³-hybridized carbons (Fsp3) is 0.286. The van der Waals surface area contributed by atoms with E-state index in [9.17, 15) is 9.83 Å². The largest absolute Gasteiger partial charge is 0.461 e. The molecular formula is C14H15N2O5PS. The SMILES string of the molecule is CCOP(=O)(OCC)c1c(N)oc(-c2ccco2)c(C#N)c1=S. The molecule has 2 aromatic rings. The standard InChI is InChI=1S/C14H15N2O5PS/c1-3-19-22(17,20-4-2)12-13(23)9(8-15)11(21-14(12)16)10-6-5-7-18-10/h5-7H,3-4,16H2,1-2H3. The summed E-state index contributed by atoms with van der Waals surface area (Å²) in [4.78, 5) is 0. The second kappa shape index (κ2) is 7.11. The van der Waals surface area contributed by atoms with Crippen molar-refractivity contribution in [3.05, 3.63) is 28.5 Å². The van der Waals surface area contributed by atoms with E-state index in [1.165, 1.54) is 6.26 Å². The Hall–Kier alpha value is -1.91. The smallest absolute Gasteiger partial charge is 0.368 e. The third-order valence-corrected chi connectivity index (χ3v) is 5.59. The molecule has 122 valence electrons. The maximum absolute atomic E-state index is 12.9. The van der Waals surface area contributed by atoms with Crippen LogP contribution in [0.15, 0.2) is 27.2 Å². The van der Waals surface area contributed by atoms with Gasteiger partial charge in [0.15, 0.2) is 11.5 Å². The average molecular weight is 354 g/mol. The second-order valence-corrected chi connectivity index (χ2v) is 6.64. The molecule has 0 aromatic carbocycles. The first kappa shape index (κ1) is 17.4. The summed E-state index contributed by atoms with van der Waals surface area (Å²) in [5.41, 5.74) is 5.87. The Morgan fingerprint density at radius 1 is 1.39 bits per heavy atom. The summed E-state index contributed by atoms with van der Waals surface area (Å²) in [5.74, 6) is 0.127. The first-order chi connectivity index (χ1) is 11.0. The summed E-state index contributed by atoms with van der Waals surface area (Å²) in [6.07, 6.45) is 1.42. The van der Waals surface area contributed by atoms with Crippen molar-refractivity contribution in [1.29, 1.82) is 5.26 Å². The van der Waals surface area contributed by atoms with Crippen molar-refractivity contribution in [3.63, 3.8) is 0 Å². The van der Waals surface area contributed by atoms with E-state index < -0.39 is 7.60 Å². The fourth-order valence-electron chi connectivity index (χ4n) is 1.99. The Balaban J connectivity index is 2.76. The zero-order chi connectivity index (χ0) is 17.0. The van der Waals surface area contributed by atoms with Gasteiger partial charge in [0, 0.05) is 0 Å². The maximum Gasteiger partial charge on any atom is 0.368 e. The van der Waals surface area contributed by atoms with Gasteiger partial charge in [-0.15, -0.1) is 0 Å². The van der Waals surface area contributed by atoms with Crippen LogP contribution in [0.1, 0.15) is 19.4 Å². The monoisotopic (exact) mass is 354 g/mol. The van der Waals surface area contributed by atoms with Crippen LogP contribution < -0.4 is 11.0 Å². The van der Waals surface area contributed by atoms with E-state index in [4.69, 9.17) is 35.8 Å². The molecule has 7 nitrogen and oxygen atoms in total. The van der Waals surface area contributed by atoms with E-state index >= 15 is 0 Å². The summed E-state index contributed by atoms with van der Waals surface area (Å²) in [6.45, 7) is 3.55. The lowest BCUT2D eigenvalue weighted by Gasteiger charge is -2.18. The average Bonchev–Trinajstić information content (AvgIpc) is 3.01. The lowest BCUT2D eigenvalue weighted by atomic mass is 10.2. The minimum Gasteiger partial charge on any atom is -0.461 e. The molecule has 0 bridgehead atoms. The van der Waals surface area contributed by atoms with E-state index in [1.807, 2.05) is 6.07 Å². The molecule has 23 heavy (non-hydrogen) atoms. The van der Waals surface area contributed by atoms with E-state index in [0.717, 1.165) is 0 Å². The van der Waals surface area contributed by atoms with Crippen LogP contribution in [0.5, 0.6) is 0 Å². The van der Waals surface area contributed by atoms with Gasteiger partial charge >= 0.3 is 7.60 Å². The van der Waals surface area contributed by atoms with Crippen molar-refractivity contribution in [2.75, 3.05) is 18.9 Å². The summed E-state index contributed by atoms with van der Waals surface area (Å²) >= 11 is 5.28. The third kappa shape index (κ3) is 3.23. The van der Waals surface area contributed by atoms with Gasteiger partial charge in [-0.05, 0) is 26.0 Å². The third-order valence-electron chi connectivity index (χ3n) is 2.84. The van der Waals surface area contributed by atoms with Gasteiger partial charge in [-0.3, -0.25) is 4.57 Å². The summed E-state index contributed by atoms with van der Waals surface area (Å²) in [7, 11) is -3.79. The van der Waals surface area contributed by atoms with Crippen LogP contribution in [0.4, 0.5) is 5.88 Å². The molecule has 0 aliphatic heterocycles. The highest BCUT2D eigenvalue weighted by atomic mass is 32.1. The van der Waals surface area contributed by atoms with Gasteiger partial charge in [0.25, 0.3) is 0 Å². The second-order valence-electron chi connectivity index (χ2n) is 4.27. The highest BCUT2D eigenvalue weighted by Gasteiger charge is 2.35. The number of nitrogen functional groups attached to an aromatic ring is 1. The first-order valence-electron chi connectivity index (χ1n) is 6.78. The number of nitrogens with zero attached hydrogens (tertiary/aromatic N) is 1. The van der Waals surface area contributed by atoms with Gasteiger partial charge in [-0.2, -0.15) is 5.26 Å². The molecule has 0 saturated carbocycles. The van der Waals surface area contributed by atoms with Crippen molar-refractivity contribution in [3.8, 4) is 17.6 Å². The van der Waals surface area contributed by atoms with Crippen molar-refractivity contribution >= 4 is 31.0 Å². The molecule has 2 aromatic heterocycles. The lowest BCUT2D eigenvalue weighted by molar-refractivity contribution is 0.229. The summed E-state index contributed by atoms with van der Waals surface area (Å²) < 4.78 is 34.1. The zero-order valence-electron chi connectivity index (χ0n) is 12.6. The predicted molar refractivity (Wildman–Crippen MR) is 86.9 cm³/mol. The summed E-state index contributed by atoms with van der Waals surface area (Å²) in [6, 6.07) is 5.16. The molecule has 2 rings (SSSR count). The first-order valence-corrected chi connectivity index (χ1v) is 8.73. The van der Waals surface area contributed by atoms with Crippen LogP contribution in [0.2, 0.25) is 0 Å². The molecule has 9 heteroatoms. The fourth-order valence-corrected chi connectivity index (χ4v) is 4.25. The van der Waals surface area contributed by atoms with Crippen LogP contribution in [0.3, 0.4) is 0 Å². The van der Waals surface area contributed by atoms with Crippen LogP contribution in [-0.4, -0.2) is 13.2 Å². The van der Waals surface area contributed by atoms with E-state index in [2.05, 4.69) is 0 Å². The Labute approximate surface area is 138 Å². The number of hydrogen-bond acceptors (Lipinski definition) is 8. The van der Waals surface area contributed by atoms with Crippen LogP contribution in [-0.2, 0) is 13.6 Å². The van der Waals surface area contributed by atoms with Gasteiger partial charge in [0.05, 0.1) is 24.0 Å². The Bertz CT molecular complexity index is 828. The number of nitrogens with two attached hydrogens (primary N) is 1. The molecule has 0 amide bonds. The number of nitriles is 1. The molecule has 0 radical (unpaired) electrons. The zero-order valence-corrected chi connectivity index (χ0v) is 14.3. The molecule has 2 N–H and O–H groups in total. The quantitative estimate of drug-likeness (QED) is 0.618. The Kier molecular flexibility index (Phi) is 5.39. The van der Waals surface area contributed by atoms with Crippen LogP contribution >= 0.6 is 19.8 Å². The van der Waals surface area contributed by atoms with E-state index in [-0.39, 0.29) is 46.0 Å². The van der Waals surface area contributed by atoms with E-state index in [0.29, 0.717) is 0 Å². The van der Waals surface area contributed by atoms with Gasteiger partial charge in [0.2, 0.25) is 5.88 Å². The van der Waals surface area contributed by atoms with Gasteiger partial charge < -0.3 is 23.6 Å². The van der Waals surface area contributed by atoms with Gasteiger partial charge in [-0.1, -0.05) is 12.2 Å². The molecule has 0 spiro atoms. The molecule has 0 atom stereocenters. The molecule has 0 aliphatic carbocycles. The van der Waals surface area contributed by atoms with Crippen molar-refractivity contribution < 1.29 is 22.4 Å². The summed E-state index contributed by atoms with van der Waals surface area (Å²) in [5, 5.41) is 9.30.